The van der Waals surface area contributed by atoms with Gasteiger partial charge in [-0.1, -0.05) is 55.4 Å². The van der Waals surface area contributed by atoms with Crippen LogP contribution in [0.5, 0.6) is 0 Å². The van der Waals surface area contributed by atoms with Gasteiger partial charge in [0.2, 0.25) is 0 Å². The molecule has 0 atom stereocenters. The summed E-state index contributed by atoms with van der Waals surface area (Å²) in [6.07, 6.45) is 16.6. The maximum atomic E-state index is 10.3. The lowest BCUT2D eigenvalue weighted by molar-refractivity contribution is -0.134. The van der Waals surface area contributed by atoms with Gasteiger partial charge in [0.1, 0.15) is 6.29 Å². The van der Waals surface area contributed by atoms with Crippen LogP contribution in [0, 0.1) is 5.41 Å². The van der Waals surface area contributed by atoms with Crippen molar-refractivity contribution in [1.82, 2.24) is 0 Å². The molecule has 0 unspecified atom stereocenters. The first kappa shape index (κ1) is 22.8. The monoisotopic (exact) mass is 344 g/mol. The fourth-order valence-corrected chi connectivity index (χ4v) is 2.80. The van der Waals surface area contributed by atoms with Crippen molar-refractivity contribution >= 4 is 12.3 Å². The lowest BCUT2D eigenvalue weighted by atomic mass is 9.72. The number of carbonyl (C=O) groups excluding carboxylic acids is 1. The largest absolute Gasteiger partial charge is 0.481 e. The highest BCUT2D eigenvalue weighted by molar-refractivity contribution is 5.67. The van der Waals surface area contributed by atoms with Gasteiger partial charge in [-0.2, -0.15) is 0 Å². The van der Waals surface area contributed by atoms with Crippen molar-refractivity contribution in [3.8, 4) is 0 Å². The summed E-state index contributed by atoms with van der Waals surface area (Å²) in [6, 6.07) is 0. The summed E-state index contributed by atoms with van der Waals surface area (Å²) in [6.45, 7) is 12.0. The molecule has 1 aliphatic rings. The zero-order chi connectivity index (χ0) is 19.5. The van der Waals surface area contributed by atoms with Crippen molar-refractivity contribution in [3.63, 3.8) is 0 Å². The second-order valence-corrected chi connectivity index (χ2v) is 7.10. The maximum Gasteiger partial charge on any atom is 0.300 e. The van der Waals surface area contributed by atoms with Crippen LogP contribution in [-0.2, 0) is 9.59 Å². The number of allylic oxidation sites excluding steroid dienone is 10. The van der Waals surface area contributed by atoms with Crippen LogP contribution in [0.25, 0.3) is 0 Å². The predicted molar refractivity (Wildman–Crippen MR) is 105 cm³/mol. The average Bonchev–Trinajstić information content (AvgIpc) is 2.45. The standard InChI is InChI=1S/C20H28O.C2H4O2/c1-16(8-6-9-17(2)13-15-21)11-12-19-18(3)10-7-14-20(19,4)5;1-2(3)4/h6,8-9,11-13,15H,7,10,14H2,1-5H3;1H3,(H,3,4). The molecule has 0 radical (unpaired) electrons. The zero-order valence-corrected chi connectivity index (χ0v) is 16.4. The highest BCUT2D eigenvalue weighted by Crippen LogP contribution is 2.40. The number of carboxylic acid groups (broad SMARTS) is 1. The predicted octanol–water partition coefficient (Wildman–Crippen LogP) is 5.81. The fraction of sp³-hybridized carbons (Fsp3) is 0.455. The van der Waals surface area contributed by atoms with E-state index in [-0.39, 0.29) is 5.41 Å². The van der Waals surface area contributed by atoms with Crippen LogP contribution in [0.15, 0.2) is 58.7 Å². The fourth-order valence-electron chi connectivity index (χ4n) is 2.80. The van der Waals surface area contributed by atoms with E-state index in [2.05, 4.69) is 45.9 Å². The first-order valence-electron chi connectivity index (χ1n) is 8.65. The molecule has 3 heteroatoms. The molecule has 1 rings (SSSR count). The van der Waals surface area contributed by atoms with E-state index in [4.69, 9.17) is 9.90 Å². The minimum atomic E-state index is -0.833. The molecule has 0 aromatic heterocycles. The molecule has 0 aromatic rings. The first-order chi connectivity index (χ1) is 11.6. The lowest BCUT2D eigenvalue weighted by Crippen LogP contribution is -2.19. The van der Waals surface area contributed by atoms with Crippen LogP contribution in [0.1, 0.15) is 60.8 Å². The Hall–Kier alpha value is -2.16. The quantitative estimate of drug-likeness (QED) is 0.389. The molecule has 0 bridgehead atoms. The van der Waals surface area contributed by atoms with Crippen LogP contribution in [0.4, 0.5) is 0 Å². The maximum absolute atomic E-state index is 10.3. The zero-order valence-electron chi connectivity index (χ0n) is 16.4. The summed E-state index contributed by atoms with van der Waals surface area (Å²) < 4.78 is 0. The topological polar surface area (TPSA) is 54.4 Å². The molecular weight excluding hydrogens is 312 g/mol. The molecule has 0 amide bonds. The molecule has 1 aliphatic carbocycles. The van der Waals surface area contributed by atoms with Crippen LogP contribution in [0.3, 0.4) is 0 Å². The van der Waals surface area contributed by atoms with Crippen molar-refractivity contribution in [2.75, 3.05) is 0 Å². The van der Waals surface area contributed by atoms with Gasteiger partial charge in [-0.3, -0.25) is 9.59 Å². The molecule has 138 valence electrons. The number of aliphatic carboxylic acids is 1. The van der Waals surface area contributed by atoms with Crippen molar-refractivity contribution in [2.45, 2.75) is 60.8 Å². The van der Waals surface area contributed by atoms with Gasteiger partial charge in [-0.15, -0.1) is 0 Å². The van der Waals surface area contributed by atoms with E-state index in [1.807, 2.05) is 19.1 Å². The van der Waals surface area contributed by atoms with Crippen LogP contribution < -0.4 is 0 Å². The molecule has 0 saturated heterocycles. The van der Waals surface area contributed by atoms with Gasteiger partial charge in [0.25, 0.3) is 5.97 Å². The Morgan fingerprint density at radius 2 is 1.64 bits per heavy atom. The summed E-state index contributed by atoms with van der Waals surface area (Å²) >= 11 is 0. The Morgan fingerprint density at radius 3 is 2.16 bits per heavy atom. The molecule has 0 spiro atoms. The first-order valence-corrected chi connectivity index (χ1v) is 8.65. The van der Waals surface area contributed by atoms with Crippen molar-refractivity contribution < 1.29 is 14.7 Å². The SMILES string of the molecule is CC(=O)O.CC(C=CC=C(C)C=CC1=C(C)CCCC1(C)C)=CC=O. The minimum Gasteiger partial charge on any atom is -0.481 e. The van der Waals surface area contributed by atoms with E-state index in [0.717, 1.165) is 18.8 Å². The van der Waals surface area contributed by atoms with E-state index in [1.165, 1.54) is 36.0 Å². The van der Waals surface area contributed by atoms with Crippen molar-refractivity contribution in [2.24, 2.45) is 5.41 Å². The molecule has 1 N–H and O–H groups in total. The number of hydrogen-bond donors (Lipinski definition) is 1. The van der Waals surface area contributed by atoms with Crippen molar-refractivity contribution in [3.05, 3.63) is 58.7 Å². The highest BCUT2D eigenvalue weighted by Gasteiger charge is 2.26. The third kappa shape index (κ3) is 10.3. The Kier molecular flexibility index (Phi) is 10.4. The Balaban J connectivity index is 0.00000129. The smallest absolute Gasteiger partial charge is 0.300 e. The van der Waals surface area contributed by atoms with E-state index in [0.29, 0.717) is 0 Å². The summed E-state index contributed by atoms with van der Waals surface area (Å²) in [5, 5.41) is 7.42. The number of hydrogen-bond acceptors (Lipinski definition) is 2. The summed E-state index contributed by atoms with van der Waals surface area (Å²) in [5.41, 5.74) is 5.48. The molecule has 0 fully saturated rings. The van der Waals surface area contributed by atoms with Gasteiger partial charge in [0, 0.05) is 6.92 Å². The normalized spacial score (nSPS) is 18.3. The van der Waals surface area contributed by atoms with Crippen LogP contribution in [0.2, 0.25) is 0 Å². The van der Waals surface area contributed by atoms with Gasteiger partial charge in [-0.25, -0.2) is 0 Å². The lowest BCUT2D eigenvalue weighted by Gasteiger charge is -2.32. The average molecular weight is 344 g/mol. The van der Waals surface area contributed by atoms with Gasteiger partial charge < -0.3 is 5.11 Å². The van der Waals surface area contributed by atoms with Gasteiger partial charge >= 0.3 is 0 Å². The van der Waals surface area contributed by atoms with E-state index in [1.54, 1.807) is 6.08 Å². The molecule has 0 aliphatic heterocycles. The van der Waals surface area contributed by atoms with Gasteiger partial charge in [-0.05, 0) is 62.7 Å². The molecule has 25 heavy (non-hydrogen) atoms. The van der Waals surface area contributed by atoms with E-state index in [9.17, 15) is 4.79 Å². The Bertz CT molecular complexity index is 607. The van der Waals surface area contributed by atoms with Crippen molar-refractivity contribution in [1.29, 1.82) is 0 Å². The molecular formula is C22H32O3. The highest BCUT2D eigenvalue weighted by atomic mass is 16.4. The third-order valence-electron chi connectivity index (χ3n) is 4.10. The summed E-state index contributed by atoms with van der Waals surface area (Å²) in [7, 11) is 0. The minimum absolute atomic E-state index is 0.290. The molecule has 0 saturated carbocycles. The van der Waals surface area contributed by atoms with E-state index >= 15 is 0 Å². The number of carbonyl (C=O) groups is 2. The van der Waals surface area contributed by atoms with E-state index < -0.39 is 5.97 Å². The van der Waals surface area contributed by atoms with Crippen LogP contribution in [-0.4, -0.2) is 17.4 Å². The Morgan fingerprint density at radius 1 is 1.08 bits per heavy atom. The summed E-state index contributed by atoms with van der Waals surface area (Å²) in [4.78, 5) is 19.3. The molecule has 0 heterocycles. The summed E-state index contributed by atoms with van der Waals surface area (Å²) in [5.74, 6) is -0.833. The van der Waals surface area contributed by atoms with Crippen LogP contribution >= 0.6 is 0 Å². The number of aldehydes is 1. The third-order valence-corrected chi connectivity index (χ3v) is 4.10. The number of carboxylic acids is 1. The van der Waals surface area contributed by atoms with Gasteiger partial charge in [0.05, 0.1) is 0 Å². The molecule has 0 aromatic carbocycles. The number of rotatable bonds is 5. The van der Waals surface area contributed by atoms with Gasteiger partial charge in [0.15, 0.2) is 0 Å². The molecule has 3 nitrogen and oxygen atoms in total. The Labute approximate surface area is 152 Å². The second kappa shape index (κ2) is 11.4. The second-order valence-electron chi connectivity index (χ2n) is 7.10.